The third-order valence-corrected chi connectivity index (χ3v) is 15.3. The van der Waals surface area contributed by atoms with Crippen LogP contribution in [0.4, 0.5) is 11.6 Å². The Hall–Kier alpha value is -6.86. The lowest BCUT2D eigenvalue weighted by atomic mass is 10.0. The zero-order chi connectivity index (χ0) is 49.4. The van der Waals surface area contributed by atoms with Crippen molar-refractivity contribution in [1.29, 1.82) is 0 Å². The van der Waals surface area contributed by atoms with Crippen molar-refractivity contribution in [2.45, 2.75) is 38.5 Å². The van der Waals surface area contributed by atoms with Crippen LogP contribution in [-0.4, -0.2) is 142 Å². The summed E-state index contributed by atoms with van der Waals surface area (Å²) in [7, 11) is 11.3. The number of ether oxygens (including phenoxy) is 2. The predicted octanol–water partition coefficient (Wildman–Crippen LogP) is 7.89. The van der Waals surface area contributed by atoms with Crippen LogP contribution in [0.2, 0.25) is 0 Å². The number of nitrogens with zero attached hydrogens (tertiary/aromatic N) is 10. The zero-order valence-electron chi connectivity index (χ0n) is 41.0. The van der Waals surface area contributed by atoms with Gasteiger partial charge in [-0.25, -0.2) is 19.0 Å². The number of anilines is 2. The molecule has 2 aliphatic rings. The molecule has 2 aliphatic heterocycles. The molecule has 2 amide bonds. The summed E-state index contributed by atoms with van der Waals surface area (Å²) in [5.74, 6) is 3.07. The Morgan fingerprint density at radius 3 is 1.46 bits per heavy atom. The number of amides is 2. The van der Waals surface area contributed by atoms with Crippen LogP contribution in [0, 0.1) is 13.8 Å². The number of methoxy groups -OCH3 is 2. The van der Waals surface area contributed by atoms with Crippen molar-refractivity contribution < 1.29 is 19.1 Å². The standard InChI is InChI=1S/2C26H30N6O2S/c2*1-16-10-18-12-22(35-25(18)21(11-16)34-4)19-13-20(32-24(19)26(27)28-15-29-32)17-7-9-31(14-17)23(33)6-5-8-30(2)3/h2*5-6,10-13,15,17H,7-9,14H2,1-4H3,(H2,27,28,29)/b2*6-5+/t2*17-/m10/s1. The van der Waals surface area contributed by atoms with Crippen LogP contribution in [0.5, 0.6) is 11.5 Å². The van der Waals surface area contributed by atoms with Crippen LogP contribution >= 0.6 is 22.7 Å². The van der Waals surface area contributed by atoms with E-state index in [0.29, 0.717) is 24.7 Å². The average molecular weight is 981 g/mol. The highest BCUT2D eigenvalue weighted by Gasteiger charge is 2.32. The van der Waals surface area contributed by atoms with Crippen LogP contribution in [-0.2, 0) is 9.59 Å². The van der Waals surface area contributed by atoms with Crippen molar-refractivity contribution in [2.24, 2.45) is 0 Å². The molecule has 0 aliphatic carbocycles. The maximum Gasteiger partial charge on any atom is 0.246 e. The Morgan fingerprint density at radius 1 is 0.657 bits per heavy atom. The molecule has 2 atom stereocenters. The number of likely N-dealkylation sites (N-methyl/N-ethyl adjacent to an activating group) is 2. The van der Waals surface area contributed by atoms with E-state index < -0.39 is 0 Å². The van der Waals surface area contributed by atoms with E-state index in [2.05, 4.69) is 82.5 Å². The fourth-order valence-corrected chi connectivity index (χ4v) is 11.9. The normalized spacial score (nSPS) is 16.4. The highest BCUT2D eigenvalue weighted by molar-refractivity contribution is 7.23. The number of likely N-dealkylation sites (tertiary alicyclic amines) is 2. The van der Waals surface area contributed by atoms with Crippen LogP contribution in [0.25, 0.3) is 52.1 Å². The van der Waals surface area contributed by atoms with Gasteiger partial charge in [-0.2, -0.15) is 10.2 Å². The molecular formula is C52H60N12O4S2. The molecule has 8 heterocycles. The van der Waals surface area contributed by atoms with Crippen LogP contribution in [0.3, 0.4) is 0 Å². The number of fused-ring (bicyclic) bond motifs is 4. The van der Waals surface area contributed by atoms with Gasteiger partial charge in [0.15, 0.2) is 11.6 Å². The molecule has 16 nitrogen and oxygen atoms in total. The van der Waals surface area contributed by atoms with E-state index in [1.165, 1.54) is 12.7 Å². The number of aryl methyl sites for hydroxylation is 2. The molecule has 70 heavy (non-hydrogen) atoms. The van der Waals surface area contributed by atoms with Crippen molar-refractivity contribution in [2.75, 3.05) is 93.1 Å². The molecule has 2 aromatic carbocycles. The summed E-state index contributed by atoms with van der Waals surface area (Å²) in [5.41, 5.74) is 20.8. The van der Waals surface area contributed by atoms with Gasteiger partial charge < -0.3 is 40.5 Å². The third-order valence-electron chi connectivity index (χ3n) is 12.9. The van der Waals surface area contributed by atoms with Gasteiger partial charge in [-0.1, -0.05) is 24.3 Å². The largest absolute Gasteiger partial charge is 0.495 e. The Morgan fingerprint density at radius 2 is 1.07 bits per heavy atom. The molecule has 0 radical (unpaired) electrons. The molecule has 2 saturated heterocycles. The van der Waals surface area contributed by atoms with Gasteiger partial charge in [0.05, 0.1) is 23.6 Å². The molecule has 8 aromatic rings. The topological polar surface area (TPSA) is 178 Å². The summed E-state index contributed by atoms with van der Waals surface area (Å²) in [6, 6.07) is 17.2. The molecule has 18 heteroatoms. The van der Waals surface area contributed by atoms with Gasteiger partial charge in [-0.05, 0) is 113 Å². The molecule has 364 valence electrons. The van der Waals surface area contributed by atoms with Gasteiger partial charge >= 0.3 is 0 Å². The molecule has 4 N–H and O–H groups in total. The highest BCUT2D eigenvalue weighted by atomic mass is 32.1. The van der Waals surface area contributed by atoms with Crippen LogP contribution in [0.1, 0.15) is 47.2 Å². The van der Waals surface area contributed by atoms with E-state index in [1.807, 2.05) is 69.0 Å². The molecule has 10 rings (SSSR count). The maximum absolute atomic E-state index is 12.7. The van der Waals surface area contributed by atoms with Gasteiger partial charge in [0.2, 0.25) is 11.8 Å². The van der Waals surface area contributed by atoms with Gasteiger partial charge in [0, 0.05) is 95.5 Å². The van der Waals surface area contributed by atoms with Crippen molar-refractivity contribution in [3.63, 3.8) is 0 Å². The lowest BCUT2D eigenvalue weighted by molar-refractivity contribution is -0.125. The van der Waals surface area contributed by atoms with Gasteiger partial charge in [0.1, 0.15) is 35.2 Å². The average Bonchev–Trinajstić information content (AvgIpc) is 4.19. The Balaban J connectivity index is 0.000000174. The number of hydrogen-bond donors (Lipinski definition) is 2. The van der Waals surface area contributed by atoms with Gasteiger partial charge in [-0.3, -0.25) is 9.59 Å². The number of rotatable bonds is 12. The minimum atomic E-state index is 0.0524. The number of nitrogens with two attached hydrogens (primary N) is 2. The first-order valence-electron chi connectivity index (χ1n) is 23.3. The number of aromatic nitrogens is 6. The minimum absolute atomic E-state index is 0.0524. The Bertz CT molecular complexity index is 3090. The minimum Gasteiger partial charge on any atom is -0.495 e. The zero-order valence-corrected chi connectivity index (χ0v) is 42.6. The van der Waals surface area contributed by atoms with E-state index >= 15 is 0 Å². The first-order valence-corrected chi connectivity index (χ1v) is 25.0. The van der Waals surface area contributed by atoms with Crippen LogP contribution < -0.4 is 20.9 Å². The second kappa shape index (κ2) is 20.2. The quantitative estimate of drug-likeness (QED) is 0.113. The van der Waals surface area contributed by atoms with E-state index in [9.17, 15) is 9.59 Å². The number of hydrogen-bond acceptors (Lipinski definition) is 14. The summed E-state index contributed by atoms with van der Waals surface area (Å²) in [6.45, 7) is 8.37. The van der Waals surface area contributed by atoms with E-state index in [0.717, 1.165) is 125 Å². The predicted molar refractivity (Wildman–Crippen MR) is 282 cm³/mol. The van der Waals surface area contributed by atoms with Crippen molar-refractivity contribution in [3.05, 3.63) is 108 Å². The third kappa shape index (κ3) is 9.68. The first kappa shape index (κ1) is 48.2. The molecule has 0 spiro atoms. The van der Waals surface area contributed by atoms with Crippen molar-refractivity contribution >= 4 is 77.3 Å². The number of thiophene rings is 2. The Labute approximate surface area is 415 Å². The molecule has 2 fully saturated rings. The number of carbonyl (C=O) groups is 2. The molecular weight excluding hydrogens is 921 g/mol. The summed E-state index contributed by atoms with van der Waals surface area (Å²) < 4.78 is 17.3. The molecule has 0 bridgehead atoms. The SMILES string of the molecule is COc1cc(C)cc2cc(-c3cc([C@@H]4CCN(C(=O)/C=C/CN(C)C)C4)n4ncnc(N)c34)sc12.COc1cc(C)cc2cc(-c3cc([C@H]4CCN(C(=O)/C=C/CN(C)C)C4)n4ncnc(N)c34)sc12. The van der Waals surface area contributed by atoms with E-state index in [1.54, 1.807) is 49.0 Å². The summed E-state index contributed by atoms with van der Waals surface area (Å²) in [4.78, 5) is 44.0. The van der Waals surface area contributed by atoms with E-state index in [4.69, 9.17) is 20.9 Å². The van der Waals surface area contributed by atoms with Crippen molar-refractivity contribution in [1.82, 2.24) is 48.8 Å². The molecule has 6 aromatic heterocycles. The Kier molecular flexibility index (Phi) is 13.9. The summed E-state index contributed by atoms with van der Waals surface area (Å²) >= 11 is 3.36. The van der Waals surface area contributed by atoms with Gasteiger partial charge in [-0.15, -0.1) is 22.7 Å². The van der Waals surface area contributed by atoms with Crippen LogP contribution in [0.15, 0.2) is 85.5 Å². The summed E-state index contributed by atoms with van der Waals surface area (Å²) in [6.07, 6.45) is 11.9. The number of nitrogen functional groups attached to an aromatic ring is 2. The fraction of sp³-hybridized carbons (Fsp3) is 0.346. The van der Waals surface area contributed by atoms with E-state index in [-0.39, 0.29) is 23.7 Å². The fourth-order valence-electron chi connectivity index (χ4n) is 9.58. The van der Waals surface area contributed by atoms with Crippen molar-refractivity contribution in [3.8, 4) is 32.4 Å². The molecule has 0 saturated carbocycles. The van der Waals surface area contributed by atoms with Gasteiger partial charge in [0.25, 0.3) is 0 Å². The number of carbonyl (C=O) groups excluding carboxylic acids is 2. The number of benzene rings is 2. The summed E-state index contributed by atoms with van der Waals surface area (Å²) in [5, 5.41) is 11.4. The monoisotopic (exact) mass is 980 g/mol. The first-order chi connectivity index (χ1) is 33.7. The maximum atomic E-state index is 12.7. The highest BCUT2D eigenvalue weighted by Crippen LogP contribution is 2.45. The lowest BCUT2D eigenvalue weighted by Crippen LogP contribution is -2.27. The lowest BCUT2D eigenvalue weighted by Gasteiger charge is -2.14. The second-order valence-electron chi connectivity index (χ2n) is 18.6. The second-order valence-corrected chi connectivity index (χ2v) is 20.7. The molecule has 0 unspecified atom stereocenters. The smallest absolute Gasteiger partial charge is 0.246 e.